The van der Waals surface area contributed by atoms with Crippen molar-refractivity contribution >= 4 is 47.2 Å². The Balaban J connectivity index is 0.00000261. The molecule has 1 saturated heterocycles. The fourth-order valence-electron chi connectivity index (χ4n) is 3.12. The number of halogens is 2. The summed E-state index contributed by atoms with van der Waals surface area (Å²) in [5, 5.41) is 3.14. The largest absolute Gasteiger partial charge is 0.399 e. The quantitative estimate of drug-likeness (QED) is 0.733. The summed E-state index contributed by atoms with van der Waals surface area (Å²) in [7, 11) is 0. The van der Waals surface area contributed by atoms with E-state index < -0.39 is 0 Å². The van der Waals surface area contributed by atoms with Gasteiger partial charge in [0.25, 0.3) is 11.8 Å². The maximum atomic E-state index is 12.6. The number of benzene rings is 2. The molecule has 0 unspecified atom stereocenters. The molecule has 5 nitrogen and oxygen atoms in total. The minimum absolute atomic E-state index is 0. The van der Waals surface area contributed by atoms with Crippen LogP contribution < -0.4 is 11.1 Å². The van der Waals surface area contributed by atoms with E-state index in [1.165, 1.54) is 0 Å². The number of hydrogen-bond donors (Lipinski definition) is 2. The smallest absolute Gasteiger partial charge is 0.256 e. The lowest BCUT2D eigenvalue weighted by Crippen LogP contribution is -2.35. The van der Waals surface area contributed by atoms with Gasteiger partial charge in [0.15, 0.2) is 0 Å². The molecule has 0 radical (unpaired) electrons. The Morgan fingerprint density at radius 2 is 1.74 bits per heavy atom. The number of rotatable bonds is 3. The highest BCUT2D eigenvalue weighted by atomic mass is 35.5. The summed E-state index contributed by atoms with van der Waals surface area (Å²) < 4.78 is 0. The van der Waals surface area contributed by atoms with E-state index in [1.54, 1.807) is 36.4 Å². The van der Waals surface area contributed by atoms with Crippen LogP contribution >= 0.6 is 24.0 Å². The molecule has 144 valence electrons. The van der Waals surface area contributed by atoms with Crippen LogP contribution in [0.25, 0.3) is 0 Å². The fraction of sp³-hybridized carbons (Fsp3) is 0.300. The van der Waals surface area contributed by atoms with Crippen molar-refractivity contribution in [3.8, 4) is 0 Å². The van der Waals surface area contributed by atoms with Crippen molar-refractivity contribution in [2.75, 3.05) is 24.1 Å². The molecule has 3 rings (SSSR count). The van der Waals surface area contributed by atoms with Crippen LogP contribution in [0.1, 0.15) is 45.5 Å². The minimum Gasteiger partial charge on any atom is -0.399 e. The molecule has 2 aromatic carbocycles. The predicted molar refractivity (Wildman–Crippen MR) is 112 cm³/mol. The molecule has 3 N–H and O–H groups in total. The normalized spacial score (nSPS) is 13.6. The van der Waals surface area contributed by atoms with Gasteiger partial charge < -0.3 is 16.0 Å². The zero-order valence-corrected chi connectivity index (χ0v) is 16.7. The summed E-state index contributed by atoms with van der Waals surface area (Å²) in [6.45, 7) is 3.38. The SMILES string of the molecule is Cc1ccc(N)cc1C(=O)Nc1ccc(C(=O)N2CCCCC2)c(Cl)c1.Cl. The first kappa shape index (κ1) is 21.1. The molecule has 0 saturated carbocycles. The molecule has 0 bridgehead atoms. The lowest BCUT2D eigenvalue weighted by Gasteiger charge is -2.27. The number of aryl methyl sites for hydroxylation is 1. The third-order valence-electron chi connectivity index (χ3n) is 4.61. The number of nitrogens with zero attached hydrogens (tertiary/aromatic N) is 1. The number of carbonyl (C=O) groups excluding carboxylic acids is 2. The molecule has 1 aliphatic heterocycles. The lowest BCUT2D eigenvalue weighted by molar-refractivity contribution is 0.0724. The van der Waals surface area contributed by atoms with E-state index >= 15 is 0 Å². The van der Waals surface area contributed by atoms with Gasteiger partial charge in [0.05, 0.1) is 10.6 Å². The highest BCUT2D eigenvalue weighted by Crippen LogP contribution is 2.24. The topological polar surface area (TPSA) is 75.4 Å². The third kappa shape index (κ3) is 4.93. The summed E-state index contributed by atoms with van der Waals surface area (Å²) in [6, 6.07) is 10.2. The fourth-order valence-corrected chi connectivity index (χ4v) is 3.38. The molecule has 0 aliphatic carbocycles. The van der Waals surface area contributed by atoms with Gasteiger partial charge in [-0.3, -0.25) is 9.59 Å². The van der Waals surface area contributed by atoms with Gasteiger partial charge >= 0.3 is 0 Å². The number of carbonyl (C=O) groups is 2. The number of nitrogens with one attached hydrogen (secondary N) is 1. The average molecular weight is 408 g/mol. The van der Waals surface area contributed by atoms with Gasteiger partial charge in [0, 0.05) is 30.0 Å². The number of likely N-dealkylation sites (tertiary alicyclic amines) is 1. The first-order valence-electron chi connectivity index (χ1n) is 8.72. The Morgan fingerprint density at radius 1 is 1.04 bits per heavy atom. The summed E-state index contributed by atoms with van der Waals surface area (Å²) in [5.74, 6) is -0.319. The van der Waals surface area contributed by atoms with Crippen molar-refractivity contribution in [2.45, 2.75) is 26.2 Å². The van der Waals surface area contributed by atoms with Gasteiger partial charge in [0.2, 0.25) is 0 Å². The first-order chi connectivity index (χ1) is 12.5. The molecule has 1 fully saturated rings. The standard InChI is InChI=1S/C20H22ClN3O2.ClH/c1-13-5-6-14(22)11-17(13)19(25)23-15-7-8-16(18(21)12-15)20(26)24-9-3-2-4-10-24;/h5-8,11-12H,2-4,9-10,22H2,1H3,(H,23,25);1H. The molecular weight excluding hydrogens is 385 g/mol. The van der Waals surface area contributed by atoms with Crippen molar-refractivity contribution in [2.24, 2.45) is 0 Å². The lowest BCUT2D eigenvalue weighted by atomic mass is 10.1. The average Bonchev–Trinajstić information content (AvgIpc) is 2.64. The molecule has 0 atom stereocenters. The molecule has 0 aromatic heterocycles. The van der Waals surface area contributed by atoms with Crippen LogP contribution in [0.5, 0.6) is 0 Å². The van der Waals surface area contributed by atoms with E-state index in [4.69, 9.17) is 17.3 Å². The van der Waals surface area contributed by atoms with Crippen LogP contribution in [0.3, 0.4) is 0 Å². The van der Waals surface area contributed by atoms with E-state index in [9.17, 15) is 9.59 Å². The van der Waals surface area contributed by atoms with Crippen molar-refractivity contribution < 1.29 is 9.59 Å². The Morgan fingerprint density at radius 3 is 2.41 bits per heavy atom. The Labute approximate surface area is 170 Å². The molecule has 0 spiro atoms. The Kier molecular flexibility index (Phi) is 7.11. The molecule has 7 heteroatoms. The highest BCUT2D eigenvalue weighted by Gasteiger charge is 2.20. The summed E-state index contributed by atoms with van der Waals surface area (Å²) in [5.41, 5.74) is 8.64. The van der Waals surface area contributed by atoms with E-state index in [1.807, 2.05) is 11.8 Å². The van der Waals surface area contributed by atoms with Crippen molar-refractivity contribution in [3.05, 3.63) is 58.1 Å². The molecule has 1 heterocycles. The van der Waals surface area contributed by atoms with Crippen LogP contribution in [0, 0.1) is 6.92 Å². The third-order valence-corrected chi connectivity index (χ3v) is 4.92. The van der Waals surface area contributed by atoms with Crippen molar-refractivity contribution in [3.63, 3.8) is 0 Å². The minimum atomic E-state index is -0.263. The number of amides is 2. The molecule has 2 amide bonds. The maximum Gasteiger partial charge on any atom is 0.256 e. The summed E-state index contributed by atoms with van der Waals surface area (Å²) >= 11 is 6.31. The second kappa shape index (κ2) is 9.11. The second-order valence-electron chi connectivity index (χ2n) is 6.58. The number of nitrogen functional groups attached to an aromatic ring is 1. The van der Waals surface area contributed by atoms with Crippen LogP contribution in [0.15, 0.2) is 36.4 Å². The van der Waals surface area contributed by atoms with Crippen LogP contribution in [-0.2, 0) is 0 Å². The molecular formula is C20H23Cl2N3O2. The Bertz CT molecular complexity index is 849. The number of piperidine rings is 1. The van der Waals surface area contributed by atoms with Crippen LogP contribution in [0.4, 0.5) is 11.4 Å². The van der Waals surface area contributed by atoms with E-state index in [-0.39, 0.29) is 24.2 Å². The van der Waals surface area contributed by atoms with Crippen molar-refractivity contribution in [1.82, 2.24) is 4.90 Å². The number of anilines is 2. The monoisotopic (exact) mass is 407 g/mol. The first-order valence-corrected chi connectivity index (χ1v) is 9.10. The van der Waals surface area contributed by atoms with Crippen LogP contribution in [-0.4, -0.2) is 29.8 Å². The van der Waals surface area contributed by atoms with Gasteiger partial charge in [-0.1, -0.05) is 17.7 Å². The van der Waals surface area contributed by atoms with Gasteiger partial charge in [-0.2, -0.15) is 0 Å². The number of hydrogen-bond acceptors (Lipinski definition) is 3. The van der Waals surface area contributed by atoms with Gasteiger partial charge in [-0.15, -0.1) is 12.4 Å². The molecule has 2 aromatic rings. The maximum absolute atomic E-state index is 12.6. The van der Waals surface area contributed by atoms with E-state index in [0.717, 1.165) is 37.9 Å². The van der Waals surface area contributed by atoms with Crippen LogP contribution in [0.2, 0.25) is 5.02 Å². The zero-order chi connectivity index (χ0) is 18.7. The van der Waals surface area contributed by atoms with Gasteiger partial charge in [0.1, 0.15) is 0 Å². The summed E-state index contributed by atoms with van der Waals surface area (Å²) in [4.78, 5) is 26.9. The zero-order valence-electron chi connectivity index (χ0n) is 15.1. The molecule has 1 aliphatic rings. The van der Waals surface area contributed by atoms with Crippen molar-refractivity contribution in [1.29, 1.82) is 0 Å². The second-order valence-corrected chi connectivity index (χ2v) is 6.98. The van der Waals surface area contributed by atoms with E-state index in [0.29, 0.717) is 27.5 Å². The number of nitrogens with two attached hydrogens (primary N) is 1. The predicted octanol–water partition coefficient (Wildman–Crippen LogP) is 4.53. The van der Waals surface area contributed by atoms with E-state index in [2.05, 4.69) is 5.32 Å². The Hall–Kier alpha value is -2.24. The molecule has 27 heavy (non-hydrogen) atoms. The van der Waals surface area contributed by atoms with Gasteiger partial charge in [-0.05, 0) is 62.1 Å². The highest BCUT2D eigenvalue weighted by molar-refractivity contribution is 6.34. The summed E-state index contributed by atoms with van der Waals surface area (Å²) in [6.07, 6.45) is 3.21. The van der Waals surface area contributed by atoms with Gasteiger partial charge in [-0.25, -0.2) is 0 Å².